The van der Waals surface area contributed by atoms with Gasteiger partial charge in [0.25, 0.3) is 0 Å². The van der Waals surface area contributed by atoms with Crippen molar-refractivity contribution in [1.29, 1.82) is 0 Å². The molecule has 3 nitrogen and oxygen atoms in total. The summed E-state index contributed by atoms with van der Waals surface area (Å²) < 4.78 is 2.31. The molecule has 2 rings (SSSR count). The van der Waals surface area contributed by atoms with Crippen LogP contribution in [0, 0.1) is 12.8 Å². The fourth-order valence-corrected chi connectivity index (χ4v) is 1.99. The molecule has 0 radical (unpaired) electrons. The maximum absolute atomic E-state index is 4.54. The lowest BCUT2D eigenvalue weighted by Crippen LogP contribution is -2.08. The molecule has 16 heavy (non-hydrogen) atoms. The van der Waals surface area contributed by atoms with Crippen LogP contribution in [0.5, 0.6) is 0 Å². The summed E-state index contributed by atoms with van der Waals surface area (Å²) in [6, 6.07) is 0.716. The highest BCUT2D eigenvalue weighted by molar-refractivity contribution is 5.30. The second-order valence-corrected chi connectivity index (χ2v) is 5.31. The second-order valence-electron chi connectivity index (χ2n) is 5.31. The molecule has 1 heterocycles. The molecule has 1 aliphatic rings. The molecule has 0 saturated heterocycles. The summed E-state index contributed by atoms with van der Waals surface area (Å²) >= 11 is 0. The first kappa shape index (κ1) is 11.5. The van der Waals surface area contributed by atoms with Gasteiger partial charge in [0.15, 0.2) is 0 Å². The molecule has 0 unspecified atom stereocenters. The highest BCUT2D eigenvalue weighted by Crippen LogP contribution is 2.37. The van der Waals surface area contributed by atoms with E-state index in [1.807, 2.05) is 0 Å². The summed E-state index contributed by atoms with van der Waals surface area (Å²) in [4.78, 5) is 4.54. The summed E-state index contributed by atoms with van der Waals surface area (Å²) in [5.41, 5.74) is 1.12. The van der Waals surface area contributed by atoms with Crippen LogP contribution in [0.4, 0.5) is 5.95 Å². The largest absolute Gasteiger partial charge is 0.356 e. The minimum atomic E-state index is 0.716. The third-order valence-corrected chi connectivity index (χ3v) is 3.03. The SMILES string of the molecule is Cc1cn(C2CC2)c(NCCCC(C)C)n1. The van der Waals surface area contributed by atoms with Crippen LogP contribution in [-0.4, -0.2) is 16.1 Å². The van der Waals surface area contributed by atoms with Crippen molar-refractivity contribution in [2.24, 2.45) is 5.92 Å². The van der Waals surface area contributed by atoms with E-state index in [4.69, 9.17) is 0 Å². The summed E-state index contributed by atoms with van der Waals surface area (Å²) in [6.45, 7) is 7.66. The van der Waals surface area contributed by atoms with E-state index in [9.17, 15) is 0 Å². The fourth-order valence-electron chi connectivity index (χ4n) is 1.99. The molecule has 1 N–H and O–H groups in total. The molecule has 0 spiro atoms. The molecule has 90 valence electrons. The van der Waals surface area contributed by atoms with E-state index in [0.717, 1.165) is 24.1 Å². The summed E-state index contributed by atoms with van der Waals surface area (Å²) in [6.07, 6.45) is 7.32. The Morgan fingerprint density at radius 3 is 2.88 bits per heavy atom. The number of hydrogen-bond acceptors (Lipinski definition) is 2. The van der Waals surface area contributed by atoms with Gasteiger partial charge in [-0.05, 0) is 38.5 Å². The molecule has 0 amide bonds. The van der Waals surface area contributed by atoms with Gasteiger partial charge in [-0.2, -0.15) is 0 Å². The molecule has 0 bridgehead atoms. The smallest absolute Gasteiger partial charge is 0.203 e. The number of nitrogens with one attached hydrogen (secondary N) is 1. The Balaban J connectivity index is 1.83. The van der Waals surface area contributed by atoms with Crippen LogP contribution in [0.3, 0.4) is 0 Å². The Morgan fingerprint density at radius 1 is 1.50 bits per heavy atom. The van der Waals surface area contributed by atoms with Gasteiger partial charge in [0.05, 0.1) is 5.69 Å². The zero-order valence-electron chi connectivity index (χ0n) is 10.7. The number of imidazole rings is 1. The van der Waals surface area contributed by atoms with Crippen LogP contribution in [-0.2, 0) is 0 Å². The van der Waals surface area contributed by atoms with Crippen LogP contribution in [0.1, 0.15) is 51.3 Å². The van der Waals surface area contributed by atoms with Crippen molar-refractivity contribution < 1.29 is 0 Å². The normalized spacial score (nSPS) is 15.8. The third-order valence-electron chi connectivity index (χ3n) is 3.03. The Hall–Kier alpha value is -0.990. The average molecular weight is 221 g/mol. The molecular weight excluding hydrogens is 198 g/mol. The molecule has 0 aliphatic heterocycles. The zero-order chi connectivity index (χ0) is 11.5. The van der Waals surface area contributed by atoms with Crippen molar-refractivity contribution in [3.05, 3.63) is 11.9 Å². The van der Waals surface area contributed by atoms with E-state index in [2.05, 4.69) is 41.8 Å². The Morgan fingerprint density at radius 2 is 2.25 bits per heavy atom. The van der Waals surface area contributed by atoms with Gasteiger partial charge >= 0.3 is 0 Å². The molecule has 1 fully saturated rings. The van der Waals surface area contributed by atoms with Crippen molar-refractivity contribution >= 4 is 5.95 Å². The molecule has 3 heteroatoms. The van der Waals surface area contributed by atoms with E-state index in [1.54, 1.807) is 0 Å². The molecule has 1 aromatic rings. The van der Waals surface area contributed by atoms with Crippen molar-refractivity contribution in [1.82, 2.24) is 9.55 Å². The molecule has 1 saturated carbocycles. The lowest BCUT2D eigenvalue weighted by Gasteiger charge is -2.09. The van der Waals surface area contributed by atoms with Crippen LogP contribution in [0.25, 0.3) is 0 Å². The van der Waals surface area contributed by atoms with Crippen LogP contribution in [0.2, 0.25) is 0 Å². The van der Waals surface area contributed by atoms with Crippen LogP contribution < -0.4 is 5.32 Å². The van der Waals surface area contributed by atoms with Gasteiger partial charge in [-0.25, -0.2) is 4.98 Å². The van der Waals surface area contributed by atoms with Gasteiger partial charge in [0, 0.05) is 18.8 Å². The Bertz CT molecular complexity index is 337. The van der Waals surface area contributed by atoms with E-state index in [-0.39, 0.29) is 0 Å². The molecule has 0 aromatic carbocycles. The maximum atomic E-state index is 4.54. The Labute approximate surface area is 98.3 Å². The third kappa shape index (κ3) is 3.00. The number of aromatic nitrogens is 2. The minimum Gasteiger partial charge on any atom is -0.356 e. The predicted octanol–water partition coefficient (Wildman–Crippen LogP) is 3.37. The quantitative estimate of drug-likeness (QED) is 0.746. The number of hydrogen-bond donors (Lipinski definition) is 1. The minimum absolute atomic E-state index is 0.716. The molecular formula is C13H23N3. The first-order chi connectivity index (χ1) is 7.66. The summed E-state index contributed by atoms with van der Waals surface area (Å²) in [5, 5.41) is 3.46. The number of anilines is 1. The predicted molar refractivity (Wildman–Crippen MR) is 67.8 cm³/mol. The average Bonchev–Trinajstić information content (AvgIpc) is 2.98. The van der Waals surface area contributed by atoms with Crippen molar-refractivity contribution in [3.8, 4) is 0 Å². The first-order valence-electron chi connectivity index (χ1n) is 6.46. The molecule has 1 aliphatic carbocycles. The fraction of sp³-hybridized carbons (Fsp3) is 0.769. The summed E-state index contributed by atoms with van der Waals surface area (Å²) in [5.74, 6) is 1.87. The summed E-state index contributed by atoms with van der Waals surface area (Å²) in [7, 11) is 0. The van der Waals surface area contributed by atoms with Crippen LogP contribution in [0.15, 0.2) is 6.20 Å². The van der Waals surface area contributed by atoms with Gasteiger partial charge in [-0.1, -0.05) is 13.8 Å². The highest BCUT2D eigenvalue weighted by atomic mass is 15.2. The van der Waals surface area contributed by atoms with Crippen molar-refractivity contribution in [2.45, 2.75) is 52.5 Å². The number of aryl methyl sites for hydroxylation is 1. The molecule has 0 atom stereocenters. The second kappa shape index (κ2) is 4.89. The van der Waals surface area contributed by atoms with Gasteiger partial charge in [-0.3, -0.25) is 0 Å². The van der Waals surface area contributed by atoms with Crippen LogP contribution >= 0.6 is 0 Å². The maximum Gasteiger partial charge on any atom is 0.203 e. The van der Waals surface area contributed by atoms with Gasteiger partial charge < -0.3 is 9.88 Å². The lowest BCUT2D eigenvalue weighted by molar-refractivity contribution is 0.565. The Kier molecular flexibility index (Phi) is 3.52. The van der Waals surface area contributed by atoms with E-state index in [1.165, 1.54) is 25.7 Å². The van der Waals surface area contributed by atoms with E-state index >= 15 is 0 Å². The number of nitrogens with zero attached hydrogens (tertiary/aromatic N) is 2. The monoisotopic (exact) mass is 221 g/mol. The number of rotatable bonds is 6. The first-order valence-corrected chi connectivity index (χ1v) is 6.46. The van der Waals surface area contributed by atoms with E-state index < -0.39 is 0 Å². The van der Waals surface area contributed by atoms with Crippen molar-refractivity contribution in [2.75, 3.05) is 11.9 Å². The zero-order valence-corrected chi connectivity index (χ0v) is 10.7. The topological polar surface area (TPSA) is 29.9 Å². The van der Waals surface area contributed by atoms with E-state index in [0.29, 0.717) is 6.04 Å². The molecule has 1 aromatic heterocycles. The van der Waals surface area contributed by atoms with Gasteiger partial charge in [-0.15, -0.1) is 0 Å². The van der Waals surface area contributed by atoms with Gasteiger partial charge in [0.1, 0.15) is 0 Å². The van der Waals surface area contributed by atoms with Gasteiger partial charge in [0.2, 0.25) is 5.95 Å². The highest BCUT2D eigenvalue weighted by Gasteiger charge is 2.25. The standard InChI is InChI=1S/C13H23N3/c1-10(2)5-4-8-14-13-15-11(3)9-16(13)12-6-7-12/h9-10,12H,4-8H2,1-3H3,(H,14,15). The lowest BCUT2D eigenvalue weighted by atomic mass is 10.1. The van der Waals surface area contributed by atoms with Crippen molar-refractivity contribution in [3.63, 3.8) is 0 Å².